The highest BCUT2D eigenvalue weighted by atomic mass is 79.9. The van der Waals surface area contributed by atoms with Gasteiger partial charge in [0.25, 0.3) is 0 Å². The zero-order valence-corrected chi connectivity index (χ0v) is 12.1. The van der Waals surface area contributed by atoms with Crippen LogP contribution in [0.3, 0.4) is 0 Å². The molecule has 6 heteroatoms. The Morgan fingerprint density at radius 2 is 1.94 bits per heavy atom. The lowest BCUT2D eigenvalue weighted by Gasteiger charge is -2.16. The van der Waals surface area contributed by atoms with E-state index in [1.165, 1.54) is 0 Å². The Kier molecular flexibility index (Phi) is 3.77. The number of halogens is 1. The van der Waals surface area contributed by atoms with Crippen LogP contribution in [-0.4, -0.2) is 24.9 Å². The molecule has 0 amide bonds. The smallest absolute Gasteiger partial charge is 0.140 e. The highest BCUT2D eigenvalue weighted by molar-refractivity contribution is 9.10. The van der Waals surface area contributed by atoms with Crippen LogP contribution in [0, 0.1) is 6.92 Å². The summed E-state index contributed by atoms with van der Waals surface area (Å²) in [6, 6.07) is 0.166. The maximum atomic E-state index is 10.4. The number of aromatic nitrogens is 4. The molecule has 0 aliphatic carbocycles. The van der Waals surface area contributed by atoms with Gasteiger partial charge in [-0.2, -0.15) is 5.10 Å². The Morgan fingerprint density at radius 1 is 1.22 bits per heavy atom. The molecule has 1 N–H and O–H groups in total. The molecule has 0 aromatic carbocycles. The van der Waals surface area contributed by atoms with Gasteiger partial charge in [-0.25, -0.2) is 0 Å². The molecular formula is C12H15BrN4O. The summed E-state index contributed by atoms with van der Waals surface area (Å²) in [7, 11) is 0. The summed E-state index contributed by atoms with van der Waals surface area (Å²) in [6.07, 6.45) is 4.07. The van der Waals surface area contributed by atoms with E-state index in [1.807, 2.05) is 20.8 Å². The Hall–Kier alpha value is -1.27. The van der Waals surface area contributed by atoms with Gasteiger partial charge in [0.1, 0.15) is 6.10 Å². The summed E-state index contributed by atoms with van der Waals surface area (Å²) in [6.45, 7) is 5.88. The first kappa shape index (κ1) is 13.2. The summed E-state index contributed by atoms with van der Waals surface area (Å²) >= 11 is 3.41. The van der Waals surface area contributed by atoms with E-state index in [4.69, 9.17) is 0 Å². The third kappa shape index (κ3) is 2.44. The molecule has 96 valence electrons. The molecule has 0 bridgehead atoms. The minimum absolute atomic E-state index is 0.166. The first-order chi connectivity index (χ1) is 8.50. The predicted octanol–water partition coefficient (Wildman–Crippen LogP) is 2.41. The van der Waals surface area contributed by atoms with Crippen molar-refractivity contribution < 1.29 is 5.11 Å². The lowest BCUT2D eigenvalue weighted by molar-refractivity contribution is 0.199. The fourth-order valence-corrected chi connectivity index (χ4v) is 2.19. The number of nitrogens with zero attached hydrogens (tertiary/aromatic N) is 4. The predicted molar refractivity (Wildman–Crippen MR) is 71.1 cm³/mol. The minimum atomic E-state index is -0.836. The standard InChI is InChI=1S/C12H15BrN4O/c1-7(2)17-11(9(13)5-16-17)12(18)10-6-14-8(3)4-15-10/h4-7,12,18H,1-3H3. The molecule has 5 nitrogen and oxygen atoms in total. The Morgan fingerprint density at radius 3 is 2.50 bits per heavy atom. The number of aliphatic hydroxyl groups excluding tert-OH is 1. The third-order valence-electron chi connectivity index (χ3n) is 2.62. The lowest BCUT2D eigenvalue weighted by atomic mass is 10.2. The molecule has 0 saturated carbocycles. The fourth-order valence-electron chi connectivity index (χ4n) is 1.70. The van der Waals surface area contributed by atoms with E-state index in [-0.39, 0.29) is 6.04 Å². The van der Waals surface area contributed by atoms with Crippen molar-refractivity contribution in [1.82, 2.24) is 19.7 Å². The van der Waals surface area contributed by atoms with Gasteiger partial charge in [0, 0.05) is 12.2 Å². The minimum Gasteiger partial charge on any atom is -0.380 e. The molecule has 0 radical (unpaired) electrons. The number of hydrogen-bond donors (Lipinski definition) is 1. The summed E-state index contributed by atoms with van der Waals surface area (Å²) in [5.74, 6) is 0. The van der Waals surface area contributed by atoms with Gasteiger partial charge in [-0.15, -0.1) is 0 Å². The van der Waals surface area contributed by atoms with E-state index >= 15 is 0 Å². The van der Waals surface area contributed by atoms with Crippen LogP contribution in [0.5, 0.6) is 0 Å². The van der Waals surface area contributed by atoms with E-state index in [2.05, 4.69) is 31.0 Å². The summed E-state index contributed by atoms with van der Waals surface area (Å²) in [4.78, 5) is 8.35. The van der Waals surface area contributed by atoms with Crippen LogP contribution in [-0.2, 0) is 0 Å². The Labute approximate surface area is 114 Å². The number of rotatable bonds is 3. The van der Waals surface area contributed by atoms with Crippen molar-refractivity contribution in [3.63, 3.8) is 0 Å². The van der Waals surface area contributed by atoms with E-state index in [9.17, 15) is 5.11 Å². The van der Waals surface area contributed by atoms with Gasteiger partial charge in [-0.05, 0) is 36.7 Å². The zero-order chi connectivity index (χ0) is 13.3. The second-order valence-corrected chi connectivity index (χ2v) is 5.26. The molecule has 0 aliphatic heterocycles. The normalized spacial score (nSPS) is 13.0. The summed E-state index contributed by atoms with van der Waals surface area (Å²) < 4.78 is 2.54. The van der Waals surface area contributed by atoms with Crippen molar-refractivity contribution in [3.8, 4) is 0 Å². The number of aliphatic hydroxyl groups is 1. The van der Waals surface area contributed by atoms with E-state index < -0.39 is 6.10 Å². The SMILES string of the molecule is Cc1cnc(C(O)c2c(Br)cnn2C(C)C)cn1. The average Bonchev–Trinajstić information content (AvgIpc) is 2.71. The first-order valence-corrected chi connectivity index (χ1v) is 6.49. The zero-order valence-electron chi connectivity index (χ0n) is 10.5. The lowest BCUT2D eigenvalue weighted by Crippen LogP contribution is -2.13. The van der Waals surface area contributed by atoms with E-state index in [1.54, 1.807) is 23.3 Å². The van der Waals surface area contributed by atoms with Crippen LogP contribution >= 0.6 is 15.9 Å². The van der Waals surface area contributed by atoms with Gasteiger partial charge in [-0.1, -0.05) is 0 Å². The number of hydrogen-bond acceptors (Lipinski definition) is 4. The fraction of sp³-hybridized carbons (Fsp3) is 0.417. The van der Waals surface area contributed by atoms with Crippen molar-refractivity contribution in [2.45, 2.75) is 32.9 Å². The molecule has 18 heavy (non-hydrogen) atoms. The van der Waals surface area contributed by atoms with Crippen molar-refractivity contribution in [3.05, 3.63) is 40.1 Å². The van der Waals surface area contributed by atoms with Gasteiger partial charge < -0.3 is 5.11 Å². The monoisotopic (exact) mass is 310 g/mol. The average molecular weight is 311 g/mol. The van der Waals surface area contributed by atoms with Crippen molar-refractivity contribution in [2.75, 3.05) is 0 Å². The van der Waals surface area contributed by atoms with Gasteiger partial charge >= 0.3 is 0 Å². The molecule has 0 spiro atoms. The van der Waals surface area contributed by atoms with Crippen LogP contribution < -0.4 is 0 Å². The van der Waals surface area contributed by atoms with Crippen LogP contribution in [0.15, 0.2) is 23.1 Å². The van der Waals surface area contributed by atoms with Crippen LogP contribution in [0.1, 0.15) is 43.1 Å². The van der Waals surface area contributed by atoms with Gasteiger partial charge in [0.15, 0.2) is 0 Å². The molecule has 2 aromatic rings. The van der Waals surface area contributed by atoms with Gasteiger partial charge in [0.05, 0.1) is 33.9 Å². The molecule has 0 saturated heterocycles. The van der Waals surface area contributed by atoms with Crippen molar-refractivity contribution in [1.29, 1.82) is 0 Å². The number of aryl methyl sites for hydroxylation is 1. The Balaban J connectivity index is 2.42. The molecule has 2 heterocycles. The molecule has 0 fully saturated rings. The largest absolute Gasteiger partial charge is 0.380 e. The summed E-state index contributed by atoms with van der Waals surface area (Å²) in [5, 5.41) is 14.6. The second kappa shape index (κ2) is 5.16. The maximum absolute atomic E-state index is 10.4. The molecular weight excluding hydrogens is 296 g/mol. The van der Waals surface area contributed by atoms with Gasteiger partial charge in [-0.3, -0.25) is 14.6 Å². The molecule has 1 atom stereocenters. The molecule has 2 aromatic heterocycles. The molecule has 0 aliphatic rings. The molecule has 2 rings (SSSR count). The van der Waals surface area contributed by atoms with Crippen LogP contribution in [0.4, 0.5) is 0 Å². The highest BCUT2D eigenvalue weighted by Crippen LogP contribution is 2.29. The first-order valence-electron chi connectivity index (χ1n) is 5.70. The highest BCUT2D eigenvalue weighted by Gasteiger charge is 2.22. The quantitative estimate of drug-likeness (QED) is 0.945. The van der Waals surface area contributed by atoms with Crippen LogP contribution in [0.25, 0.3) is 0 Å². The Bertz CT molecular complexity index is 536. The van der Waals surface area contributed by atoms with Crippen molar-refractivity contribution >= 4 is 15.9 Å². The van der Waals surface area contributed by atoms with Crippen molar-refractivity contribution in [2.24, 2.45) is 0 Å². The molecule has 1 unspecified atom stereocenters. The third-order valence-corrected chi connectivity index (χ3v) is 3.23. The van der Waals surface area contributed by atoms with Gasteiger partial charge in [0.2, 0.25) is 0 Å². The summed E-state index contributed by atoms with van der Waals surface area (Å²) in [5.41, 5.74) is 2.04. The maximum Gasteiger partial charge on any atom is 0.140 e. The second-order valence-electron chi connectivity index (χ2n) is 4.40. The van der Waals surface area contributed by atoms with E-state index in [0.717, 1.165) is 10.2 Å². The topological polar surface area (TPSA) is 63.8 Å². The van der Waals surface area contributed by atoms with Crippen LogP contribution in [0.2, 0.25) is 0 Å². The van der Waals surface area contributed by atoms with E-state index in [0.29, 0.717) is 11.4 Å².